The number of hydrogen-bond acceptors (Lipinski definition) is 2. The summed E-state index contributed by atoms with van der Waals surface area (Å²) in [4.78, 5) is 0. The van der Waals surface area contributed by atoms with Crippen molar-refractivity contribution in [1.29, 1.82) is 0 Å². The lowest BCUT2D eigenvalue weighted by Crippen LogP contribution is -2.42. The van der Waals surface area contributed by atoms with Crippen molar-refractivity contribution >= 4 is 0 Å². The predicted molar refractivity (Wildman–Crippen MR) is 58.2 cm³/mol. The smallest absolute Gasteiger partial charge is 0.0474 e. The minimum absolute atomic E-state index is 0.374. The summed E-state index contributed by atoms with van der Waals surface area (Å²) >= 11 is 0. The minimum Gasteiger partial charge on any atom is -0.396 e. The molecule has 2 N–H and O–H groups in total. The highest BCUT2D eigenvalue weighted by Crippen LogP contribution is 2.35. The van der Waals surface area contributed by atoms with E-state index < -0.39 is 0 Å². The van der Waals surface area contributed by atoms with Gasteiger partial charge in [0.1, 0.15) is 0 Å². The SMILES string of the molecule is CCC(NC1CCCC1CO)C1CC1. The van der Waals surface area contributed by atoms with Crippen LogP contribution in [-0.4, -0.2) is 23.8 Å². The van der Waals surface area contributed by atoms with Crippen molar-refractivity contribution in [2.75, 3.05) is 6.61 Å². The largest absolute Gasteiger partial charge is 0.396 e. The van der Waals surface area contributed by atoms with E-state index in [1.54, 1.807) is 0 Å². The lowest BCUT2D eigenvalue weighted by Gasteiger charge is -2.25. The van der Waals surface area contributed by atoms with Crippen LogP contribution in [0.5, 0.6) is 0 Å². The molecular formula is C12H23NO. The maximum atomic E-state index is 9.24. The Morgan fingerprint density at radius 3 is 2.64 bits per heavy atom. The van der Waals surface area contributed by atoms with Gasteiger partial charge < -0.3 is 10.4 Å². The normalized spacial score (nSPS) is 34.7. The maximum Gasteiger partial charge on any atom is 0.0474 e. The molecule has 2 heteroatoms. The van der Waals surface area contributed by atoms with E-state index in [1.165, 1.54) is 38.5 Å². The highest BCUT2D eigenvalue weighted by Gasteiger charge is 2.34. The second-order valence-electron chi connectivity index (χ2n) is 5.00. The standard InChI is InChI=1S/C12H23NO/c1-2-11(9-6-7-9)13-12-5-3-4-10(12)8-14/h9-14H,2-8H2,1H3. The van der Waals surface area contributed by atoms with Crippen molar-refractivity contribution in [1.82, 2.24) is 5.32 Å². The van der Waals surface area contributed by atoms with Gasteiger partial charge in [0.15, 0.2) is 0 Å². The molecule has 82 valence electrons. The molecule has 0 saturated heterocycles. The molecule has 2 nitrogen and oxygen atoms in total. The van der Waals surface area contributed by atoms with Crippen molar-refractivity contribution in [3.8, 4) is 0 Å². The number of nitrogens with one attached hydrogen (secondary N) is 1. The lowest BCUT2D eigenvalue weighted by molar-refractivity contribution is 0.196. The number of aliphatic hydroxyl groups excluding tert-OH is 1. The molecule has 3 atom stereocenters. The Bertz CT molecular complexity index is 179. The number of hydrogen-bond donors (Lipinski definition) is 2. The fourth-order valence-electron chi connectivity index (χ4n) is 2.84. The Hall–Kier alpha value is -0.0800. The van der Waals surface area contributed by atoms with E-state index in [0.29, 0.717) is 18.6 Å². The Labute approximate surface area is 87.1 Å². The highest BCUT2D eigenvalue weighted by atomic mass is 16.3. The van der Waals surface area contributed by atoms with E-state index in [2.05, 4.69) is 12.2 Å². The molecule has 0 aromatic heterocycles. The van der Waals surface area contributed by atoms with Gasteiger partial charge in [0.05, 0.1) is 0 Å². The van der Waals surface area contributed by atoms with E-state index >= 15 is 0 Å². The van der Waals surface area contributed by atoms with Crippen LogP contribution in [0.25, 0.3) is 0 Å². The van der Waals surface area contributed by atoms with E-state index in [-0.39, 0.29) is 0 Å². The predicted octanol–water partition coefficient (Wildman–Crippen LogP) is 1.93. The summed E-state index contributed by atoms with van der Waals surface area (Å²) in [6.07, 6.45) is 7.87. The molecule has 14 heavy (non-hydrogen) atoms. The maximum absolute atomic E-state index is 9.24. The monoisotopic (exact) mass is 197 g/mol. The zero-order chi connectivity index (χ0) is 9.97. The molecule has 2 aliphatic carbocycles. The fourth-order valence-corrected chi connectivity index (χ4v) is 2.84. The first-order valence-corrected chi connectivity index (χ1v) is 6.22. The van der Waals surface area contributed by atoms with Crippen LogP contribution in [0.2, 0.25) is 0 Å². The molecular weight excluding hydrogens is 174 g/mol. The van der Waals surface area contributed by atoms with Crippen LogP contribution < -0.4 is 5.32 Å². The van der Waals surface area contributed by atoms with Crippen molar-refractivity contribution < 1.29 is 5.11 Å². The van der Waals surface area contributed by atoms with E-state index in [0.717, 1.165) is 12.0 Å². The van der Waals surface area contributed by atoms with Gasteiger partial charge in [-0.1, -0.05) is 13.3 Å². The molecule has 2 aliphatic rings. The van der Waals surface area contributed by atoms with Crippen LogP contribution in [0.15, 0.2) is 0 Å². The van der Waals surface area contributed by atoms with Crippen molar-refractivity contribution in [3.63, 3.8) is 0 Å². The highest BCUT2D eigenvalue weighted by molar-refractivity contribution is 4.91. The molecule has 0 amide bonds. The van der Waals surface area contributed by atoms with E-state index in [4.69, 9.17) is 0 Å². The summed E-state index contributed by atoms with van der Waals surface area (Å²) in [7, 11) is 0. The minimum atomic E-state index is 0.374. The van der Waals surface area contributed by atoms with Gasteiger partial charge in [-0.3, -0.25) is 0 Å². The van der Waals surface area contributed by atoms with Crippen molar-refractivity contribution in [2.24, 2.45) is 11.8 Å². The van der Waals surface area contributed by atoms with Gasteiger partial charge in [-0.05, 0) is 43.9 Å². The van der Waals surface area contributed by atoms with Gasteiger partial charge in [-0.2, -0.15) is 0 Å². The summed E-state index contributed by atoms with van der Waals surface area (Å²) < 4.78 is 0. The Morgan fingerprint density at radius 1 is 1.29 bits per heavy atom. The van der Waals surface area contributed by atoms with Gasteiger partial charge in [-0.25, -0.2) is 0 Å². The molecule has 0 aromatic carbocycles. The quantitative estimate of drug-likeness (QED) is 0.706. The average molecular weight is 197 g/mol. The molecule has 0 aromatic rings. The van der Waals surface area contributed by atoms with E-state index in [9.17, 15) is 5.11 Å². The number of aliphatic hydroxyl groups is 1. The first-order valence-electron chi connectivity index (χ1n) is 6.22. The van der Waals surface area contributed by atoms with Crippen LogP contribution in [0.3, 0.4) is 0 Å². The van der Waals surface area contributed by atoms with Gasteiger partial charge in [0.2, 0.25) is 0 Å². The van der Waals surface area contributed by atoms with E-state index in [1.807, 2.05) is 0 Å². The van der Waals surface area contributed by atoms with Crippen molar-refractivity contribution in [3.05, 3.63) is 0 Å². The molecule has 0 spiro atoms. The molecule has 0 aliphatic heterocycles. The van der Waals surface area contributed by atoms with Crippen LogP contribution >= 0.6 is 0 Å². The Kier molecular flexibility index (Phi) is 3.45. The summed E-state index contributed by atoms with van der Waals surface area (Å²) in [6.45, 7) is 2.65. The third-order valence-electron chi connectivity index (χ3n) is 3.95. The topological polar surface area (TPSA) is 32.3 Å². The third kappa shape index (κ3) is 2.29. The molecule has 0 bridgehead atoms. The van der Waals surface area contributed by atoms with Crippen LogP contribution in [0, 0.1) is 11.8 Å². The molecule has 0 heterocycles. The average Bonchev–Trinajstić information content (AvgIpc) is 2.95. The van der Waals surface area contributed by atoms with Gasteiger partial charge in [-0.15, -0.1) is 0 Å². The van der Waals surface area contributed by atoms with Gasteiger partial charge in [0, 0.05) is 18.7 Å². The fraction of sp³-hybridized carbons (Fsp3) is 1.00. The third-order valence-corrected chi connectivity index (χ3v) is 3.95. The van der Waals surface area contributed by atoms with Gasteiger partial charge in [0.25, 0.3) is 0 Å². The Balaban J connectivity index is 1.81. The zero-order valence-corrected chi connectivity index (χ0v) is 9.21. The van der Waals surface area contributed by atoms with Crippen LogP contribution in [-0.2, 0) is 0 Å². The first kappa shape index (κ1) is 10.4. The molecule has 2 fully saturated rings. The summed E-state index contributed by atoms with van der Waals surface area (Å²) in [6, 6.07) is 1.33. The second-order valence-corrected chi connectivity index (χ2v) is 5.00. The molecule has 2 rings (SSSR count). The summed E-state index contributed by atoms with van der Waals surface area (Å²) in [5, 5.41) is 13.0. The lowest BCUT2D eigenvalue weighted by atomic mass is 10.0. The van der Waals surface area contributed by atoms with Gasteiger partial charge >= 0.3 is 0 Å². The van der Waals surface area contributed by atoms with Crippen LogP contribution in [0.4, 0.5) is 0 Å². The van der Waals surface area contributed by atoms with Crippen LogP contribution in [0.1, 0.15) is 45.4 Å². The molecule has 0 radical (unpaired) electrons. The summed E-state index contributed by atoms with van der Waals surface area (Å²) in [5.41, 5.74) is 0. The molecule has 3 unspecified atom stereocenters. The Morgan fingerprint density at radius 2 is 2.07 bits per heavy atom. The molecule has 2 saturated carbocycles. The number of rotatable bonds is 5. The first-order chi connectivity index (χ1) is 6.85. The summed E-state index contributed by atoms with van der Waals surface area (Å²) in [5.74, 6) is 1.47. The van der Waals surface area contributed by atoms with Crippen molar-refractivity contribution in [2.45, 2.75) is 57.5 Å². The second kappa shape index (κ2) is 4.63. The zero-order valence-electron chi connectivity index (χ0n) is 9.21.